The Morgan fingerprint density at radius 1 is 1.00 bits per heavy atom. The normalized spacial score (nSPS) is 11.8. The minimum absolute atomic E-state index is 0.251. The third-order valence-corrected chi connectivity index (χ3v) is 6.17. The maximum absolute atomic E-state index is 12.9. The van der Waals surface area contributed by atoms with E-state index in [9.17, 15) is 4.79 Å². The molecule has 1 amide bonds. The van der Waals surface area contributed by atoms with Crippen LogP contribution in [-0.4, -0.2) is 30.8 Å². The molecule has 3 aromatic carbocycles. The van der Waals surface area contributed by atoms with Gasteiger partial charge < -0.3 is 14.0 Å². The Labute approximate surface area is 191 Å². The van der Waals surface area contributed by atoms with E-state index in [1.54, 1.807) is 7.11 Å². The van der Waals surface area contributed by atoms with Gasteiger partial charge in [0.1, 0.15) is 5.75 Å². The number of carbonyl (C=O) groups is 1. The molecule has 1 heterocycles. The molecule has 164 valence electrons. The van der Waals surface area contributed by atoms with Crippen LogP contribution in [0.25, 0.3) is 10.2 Å². The molecule has 0 N–H and O–H groups in total. The van der Waals surface area contributed by atoms with Crippen LogP contribution in [0.1, 0.15) is 28.4 Å². The highest BCUT2D eigenvalue weighted by molar-refractivity contribution is 7.16. The lowest BCUT2D eigenvalue weighted by Gasteiger charge is -2.06. The minimum atomic E-state index is -0.251. The largest absolute Gasteiger partial charge is 0.494 e. The third kappa shape index (κ3) is 5.15. The molecule has 4 aromatic rings. The molecule has 6 heteroatoms. The van der Waals surface area contributed by atoms with E-state index in [4.69, 9.17) is 9.47 Å². The molecule has 0 fully saturated rings. The van der Waals surface area contributed by atoms with Crippen LogP contribution in [0.15, 0.2) is 77.8 Å². The smallest absolute Gasteiger partial charge is 0.279 e. The van der Waals surface area contributed by atoms with Gasteiger partial charge in [0.15, 0.2) is 4.80 Å². The summed E-state index contributed by atoms with van der Waals surface area (Å²) in [5.74, 6) is 0.561. The van der Waals surface area contributed by atoms with Gasteiger partial charge in [0.2, 0.25) is 0 Å². The molecule has 0 aliphatic carbocycles. The fraction of sp³-hybridized carbons (Fsp3) is 0.231. The number of benzene rings is 3. The summed E-state index contributed by atoms with van der Waals surface area (Å²) >= 11 is 1.48. The first-order chi connectivity index (χ1) is 15.7. The molecular weight excluding hydrogens is 420 g/mol. The van der Waals surface area contributed by atoms with E-state index < -0.39 is 0 Å². The van der Waals surface area contributed by atoms with Gasteiger partial charge in [-0.1, -0.05) is 53.8 Å². The van der Waals surface area contributed by atoms with Gasteiger partial charge in [0, 0.05) is 19.2 Å². The Kier molecular flexibility index (Phi) is 7.14. The lowest BCUT2D eigenvalue weighted by Crippen LogP contribution is -2.19. The van der Waals surface area contributed by atoms with Crippen LogP contribution in [0.4, 0.5) is 0 Å². The number of hydrogen-bond donors (Lipinski definition) is 0. The molecule has 0 aliphatic heterocycles. The van der Waals surface area contributed by atoms with Gasteiger partial charge >= 0.3 is 0 Å². The van der Waals surface area contributed by atoms with Gasteiger partial charge in [0.25, 0.3) is 5.91 Å². The first-order valence-corrected chi connectivity index (χ1v) is 11.5. The number of amides is 1. The number of aromatic nitrogens is 1. The maximum Gasteiger partial charge on any atom is 0.279 e. The van der Waals surface area contributed by atoms with Crippen molar-refractivity contribution >= 4 is 27.5 Å². The molecule has 0 spiro atoms. The predicted octanol–water partition coefficient (Wildman–Crippen LogP) is 5.08. The second-order valence-corrected chi connectivity index (χ2v) is 8.38. The number of ether oxygens (including phenoxy) is 2. The molecule has 0 saturated carbocycles. The summed E-state index contributed by atoms with van der Waals surface area (Å²) in [6.07, 6.45) is 0.835. The van der Waals surface area contributed by atoms with Gasteiger partial charge in [-0.15, -0.1) is 0 Å². The Balaban J connectivity index is 1.62. The standard InChI is InChI=1S/C26H26N2O3S/c1-3-31-22-13-14-23-24(18-22)32-26(28(23)15-16-30-2)27-25(29)21-11-9-20(10-12-21)17-19-7-5-4-6-8-19/h4-14,18H,3,15-17H2,1-2H3. The van der Waals surface area contributed by atoms with E-state index >= 15 is 0 Å². The molecule has 1 aromatic heterocycles. The van der Waals surface area contributed by atoms with Crippen molar-refractivity contribution in [2.24, 2.45) is 4.99 Å². The van der Waals surface area contributed by atoms with Crippen molar-refractivity contribution < 1.29 is 14.3 Å². The highest BCUT2D eigenvalue weighted by atomic mass is 32.1. The highest BCUT2D eigenvalue weighted by Gasteiger charge is 2.11. The highest BCUT2D eigenvalue weighted by Crippen LogP contribution is 2.23. The van der Waals surface area contributed by atoms with E-state index in [2.05, 4.69) is 17.1 Å². The van der Waals surface area contributed by atoms with E-state index in [-0.39, 0.29) is 5.91 Å². The van der Waals surface area contributed by atoms with Crippen molar-refractivity contribution in [3.8, 4) is 5.75 Å². The van der Waals surface area contributed by atoms with E-state index in [1.807, 2.05) is 72.2 Å². The summed E-state index contributed by atoms with van der Waals surface area (Å²) in [6.45, 7) is 3.72. The number of hydrogen-bond acceptors (Lipinski definition) is 4. The zero-order valence-electron chi connectivity index (χ0n) is 18.3. The van der Waals surface area contributed by atoms with Crippen LogP contribution in [-0.2, 0) is 17.7 Å². The van der Waals surface area contributed by atoms with Crippen LogP contribution in [0.2, 0.25) is 0 Å². The van der Waals surface area contributed by atoms with Gasteiger partial charge in [-0.25, -0.2) is 0 Å². The SMILES string of the molecule is CCOc1ccc2c(c1)sc(=NC(=O)c1ccc(Cc3ccccc3)cc1)n2CCOC. The maximum atomic E-state index is 12.9. The summed E-state index contributed by atoms with van der Waals surface area (Å²) in [7, 11) is 1.67. The van der Waals surface area contributed by atoms with Crippen LogP contribution in [0.3, 0.4) is 0 Å². The number of rotatable bonds is 8. The number of methoxy groups -OCH3 is 1. The van der Waals surface area contributed by atoms with E-state index in [1.165, 1.54) is 16.9 Å². The monoisotopic (exact) mass is 446 g/mol. The molecule has 0 unspecified atom stereocenters. The first-order valence-electron chi connectivity index (χ1n) is 10.6. The molecule has 0 bridgehead atoms. The molecule has 32 heavy (non-hydrogen) atoms. The third-order valence-electron chi connectivity index (χ3n) is 5.13. The number of carbonyl (C=O) groups excluding carboxylic acids is 1. The van der Waals surface area contributed by atoms with Gasteiger partial charge in [-0.2, -0.15) is 4.99 Å². The van der Waals surface area contributed by atoms with Crippen LogP contribution < -0.4 is 9.54 Å². The summed E-state index contributed by atoms with van der Waals surface area (Å²) in [5.41, 5.74) is 3.99. The summed E-state index contributed by atoms with van der Waals surface area (Å²) in [5, 5.41) is 0. The topological polar surface area (TPSA) is 52.8 Å². The van der Waals surface area contributed by atoms with Crippen LogP contribution in [0, 0.1) is 0 Å². The zero-order valence-corrected chi connectivity index (χ0v) is 19.1. The Bertz CT molecular complexity index is 1260. The summed E-state index contributed by atoms with van der Waals surface area (Å²) < 4.78 is 13.9. The van der Waals surface area contributed by atoms with Crippen molar-refractivity contribution in [1.29, 1.82) is 0 Å². The van der Waals surface area contributed by atoms with Gasteiger partial charge in [0.05, 0.1) is 23.4 Å². The fourth-order valence-corrected chi connectivity index (χ4v) is 4.63. The van der Waals surface area contributed by atoms with Crippen LogP contribution >= 0.6 is 11.3 Å². The number of fused-ring (bicyclic) bond motifs is 1. The average Bonchev–Trinajstić information content (AvgIpc) is 3.15. The molecule has 4 rings (SSSR count). The molecule has 0 radical (unpaired) electrons. The van der Waals surface area contributed by atoms with Gasteiger partial charge in [-0.05, 0) is 54.8 Å². The first kappa shape index (κ1) is 22.0. The van der Waals surface area contributed by atoms with Crippen molar-refractivity contribution in [2.75, 3.05) is 20.3 Å². The lowest BCUT2D eigenvalue weighted by atomic mass is 10.0. The zero-order chi connectivity index (χ0) is 22.3. The Morgan fingerprint density at radius 2 is 1.75 bits per heavy atom. The van der Waals surface area contributed by atoms with Crippen molar-refractivity contribution in [3.63, 3.8) is 0 Å². The van der Waals surface area contributed by atoms with Crippen molar-refractivity contribution in [3.05, 3.63) is 94.3 Å². The van der Waals surface area contributed by atoms with Crippen molar-refractivity contribution in [2.45, 2.75) is 19.9 Å². The molecule has 0 aliphatic rings. The van der Waals surface area contributed by atoms with E-state index in [0.29, 0.717) is 30.1 Å². The fourth-order valence-electron chi connectivity index (χ4n) is 3.54. The Hall–Kier alpha value is -3.22. The minimum Gasteiger partial charge on any atom is -0.494 e. The molecule has 5 nitrogen and oxygen atoms in total. The Morgan fingerprint density at radius 3 is 2.47 bits per heavy atom. The second-order valence-electron chi connectivity index (χ2n) is 7.37. The molecular formula is C26H26N2O3S. The van der Waals surface area contributed by atoms with Gasteiger partial charge in [-0.3, -0.25) is 4.79 Å². The van der Waals surface area contributed by atoms with Crippen molar-refractivity contribution in [1.82, 2.24) is 4.57 Å². The second kappa shape index (κ2) is 10.4. The lowest BCUT2D eigenvalue weighted by molar-refractivity contribution is 0.0997. The average molecular weight is 447 g/mol. The summed E-state index contributed by atoms with van der Waals surface area (Å²) in [6, 6.07) is 23.9. The molecule has 0 saturated heterocycles. The van der Waals surface area contributed by atoms with E-state index in [0.717, 1.165) is 28.0 Å². The quantitative estimate of drug-likeness (QED) is 0.379. The number of thiazole rings is 1. The predicted molar refractivity (Wildman–Crippen MR) is 128 cm³/mol. The summed E-state index contributed by atoms with van der Waals surface area (Å²) in [4.78, 5) is 18.0. The van der Waals surface area contributed by atoms with Crippen LogP contribution in [0.5, 0.6) is 5.75 Å². The molecule has 0 atom stereocenters. The number of nitrogens with zero attached hydrogens (tertiary/aromatic N) is 2.